The lowest BCUT2D eigenvalue weighted by atomic mass is 10.1. The normalized spacial score (nSPS) is 14.3. The molecule has 1 aromatic rings. The number of aryl methyl sites for hydroxylation is 2. The van der Waals surface area contributed by atoms with Crippen LogP contribution < -0.4 is 10.6 Å². The summed E-state index contributed by atoms with van der Waals surface area (Å²) < 4.78 is 0. The molecule has 0 aliphatic heterocycles. The lowest BCUT2D eigenvalue weighted by Crippen LogP contribution is -2.29. The van der Waals surface area contributed by atoms with Gasteiger partial charge in [0.05, 0.1) is 4.88 Å². The van der Waals surface area contributed by atoms with Crippen molar-refractivity contribution in [2.45, 2.75) is 32.1 Å². The number of fused-ring (bicyclic) bond motifs is 1. The minimum atomic E-state index is 0. The summed E-state index contributed by atoms with van der Waals surface area (Å²) in [6.45, 7) is 1.51. The van der Waals surface area contributed by atoms with Crippen LogP contribution in [0, 0.1) is 0 Å². The Morgan fingerprint density at radius 2 is 2.06 bits per heavy atom. The molecule has 0 spiro atoms. The molecule has 18 heavy (non-hydrogen) atoms. The van der Waals surface area contributed by atoms with Crippen molar-refractivity contribution in [2.24, 2.45) is 0 Å². The fraction of sp³-hybridized carbons (Fsp3) is 0.615. The Bertz CT molecular complexity index is 369. The third-order valence-electron chi connectivity index (χ3n) is 3.13. The summed E-state index contributed by atoms with van der Waals surface area (Å²) in [5.41, 5.74) is 1.41. The van der Waals surface area contributed by atoms with Gasteiger partial charge in [-0.15, -0.1) is 23.7 Å². The molecule has 0 fully saturated rings. The molecule has 1 aliphatic rings. The van der Waals surface area contributed by atoms with E-state index < -0.39 is 0 Å². The highest BCUT2D eigenvalue weighted by Crippen LogP contribution is 2.28. The number of halogens is 1. The van der Waals surface area contributed by atoms with E-state index in [1.807, 2.05) is 7.05 Å². The lowest BCUT2D eigenvalue weighted by molar-refractivity contribution is 0.0958. The standard InChI is InChI=1S/C13H20N2OS.ClH/c1-14-7-8-15-13(16)12-9-10-5-3-2-4-6-11(10)17-12;/h9,14H,2-8H2,1H3,(H,15,16);1H. The SMILES string of the molecule is CNCCNC(=O)c1cc2c(s1)CCCCC2.Cl. The van der Waals surface area contributed by atoms with Crippen molar-refractivity contribution >= 4 is 29.7 Å². The summed E-state index contributed by atoms with van der Waals surface area (Å²) in [7, 11) is 1.89. The zero-order valence-corrected chi connectivity index (χ0v) is 12.4. The van der Waals surface area contributed by atoms with Crippen LogP contribution in [0.25, 0.3) is 0 Å². The molecule has 102 valence electrons. The molecule has 2 rings (SSSR count). The van der Waals surface area contributed by atoms with E-state index in [0.29, 0.717) is 6.54 Å². The maximum absolute atomic E-state index is 11.9. The molecule has 1 heterocycles. The van der Waals surface area contributed by atoms with Crippen molar-refractivity contribution in [1.82, 2.24) is 10.6 Å². The Kier molecular flexibility index (Phi) is 6.68. The summed E-state index contributed by atoms with van der Waals surface area (Å²) >= 11 is 1.68. The first-order valence-electron chi connectivity index (χ1n) is 6.35. The molecule has 0 unspecified atom stereocenters. The Balaban J connectivity index is 0.00000162. The zero-order valence-electron chi connectivity index (χ0n) is 10.8. The molecule has 3 nitrogen and oxygen atoms in total. The number of thiophene rings is 1. The second kappa shape index (κ2) is 7.77. The van der Waals surface area contributed by atoms with Crippen LogP contribution >= 0.6 is 23.7 Å². The van der Waals surface area contributed by atoms with Gasteiger partial charge >= 0.3 is 0 Å². The summed E-state index contributed by atoms with van der Waals surface area (Å²) in [6, 6.07) is 2.10. The van der Waals surface area contributed by atoms with E-state index >= 15 is 0 Å². The first-order chi connectivity index (χ1) is 8.31. The minimum Gasteiger partial charge on any atom is -0.350 e. The number of nitrogens with one attached hydrogen (secondary N) is 2. The van der Waals surface area contributed by atoms with Gasteiger partial charge in [-0.3, -0.25) is 4.79 Å². The molecule has 0 saturated carbocycles. The zero-order chi connectivity index (χ0) is 12.1. The predicted molar refractivity (Wildman–Crippen MR) is 79.1 cm³/mol. The molecule has 0 bridgehead atoms. The van der Waals surface area contributed by atoms with Crippen LogP contribution in [0.2, 0.25) is 0 Å². The molecular weight excluding hydrogens is 268 g/mol. The first-order valence-corrected chi connectivity index (χ1v) is 7.17. The average Bonchev–Trinajstić information content (AvgIpc) is 2.61. The van der Waals surface area contributed by atoms with Crippen molar-refractivity contribution in [3.63, 3.8) is 0 Å². The number of likely N-dealkylation sites (N-methyl/N-ethyl adjacent to an activating group) is 1. The topological polar surface area (TPSA) is 41.1 Å². The third-order valence-corrected chi connectivity index (χ3v) is 4.37. The number of amides is 1. The summed E-state index contributed by atoms with van der Waals surface area (Å²) in [4.78, 5) is 14.2. The van der Waals surface area contributed by atoms with Crippen LogP contribution in [0.4, 0.5) is 0 Å². The van der Waals surface area contributed by atoms with Crippen LogP contribution in [-0.4, -0.2) is 26.0 Å². The quantitative estimate of drug-likeness (QED) is 0.660. The second-order valence-electron chi connectivity index (χ2n) is 4.48. The molecule has 0 saturated heterocycles. The molecular formula is C13H21ClN2OS. The van der Waals surface area contributed by atoms with Crippen LogP contribution in [-0.2, 0) is 12.8 Å². The third kappa shape index (κ3) is 3.97. The fourth-order valence-electron chi connectivity index (χ4n) is 2.17. The smallest absolute Gasteiger partial charge is 0.261 e. The van der Waals surface area contributed by atoms with Gasteiger partial charge in [-0.05, 0) is 44.4 Å². The van der Waals surface area contributed by atoms with Crippen molar-refractivity contribution in [3.8, 4) is 0 Å². The van der Waals surface area contributed by atoms with Gasteiger partial charge in [0, 0.05) is 18.0 Å². The molecule has 0 aromatic carbocycles. The highest BCUT2D eigenvalue weighted by molar-refractivity contribution is 7.14. The lowest BCUT2D eigenvalue weighted by Gasteiger charge is -2.02. The highest BCUT2D eigenvalue weighted by Gasteiger charge is 2.15. The maximum atomic E-state index is 11.9. The second-order valence-corrected chi connectivity index (χ2v) is 5.62. The molecule has 1 amide bonds. The number of carbonyl (C=O) groups is 1. The van der Waals surface area contributed by atoms with Gasteiger partial charge in [0.15, 0.2) is 0 Å². The Hall–Kier alpha value is -0.580. The van der Waals surface area contributed by atoms with Gasteiger partial charge in [0.25, 0.3) is 5.91 Å². The van der Waals surface area contributed by atoms with Crippen LogP contribution in [0.3, 0.4) is 0 Å². The number of hydrogen-bond donors (Lipinski definition) is 2. The summed E-state index contributed by atoms with van der Waals surface area (Å²) in [6.07, 6.45) is 6.17. The van der Waals surface area contributed by atoms with Gasteiger partial charge in [-0.2, -0.15) is 0 Å². The molecule has 0 atom stereocenters. The van der Waals surface area contributed by atoms with E-state index in [4.69, 9.17) is 0 Å². The maximum Gasteiger partial charge on any atom is 0.261 e. The van der Waals surface area contributed by atoms with Gasteiger partial charge in [0.1, 0.15) is 0 Å². The largest absolute Gasteiger partial charge is 0.350 e. The van der Waals surface area contributed by atoms with Gasteiger partial charge in [0.2, 0.25) is 0 Å². The van der Waals surface area contributed by atoms with Crippen molar-refractivity contribution in [1.29, 1.82) is 0 Å². The van der Waals surface area contributed by atoms with Crippen LogP contribution in [0.15, 0.2) is 6.07 Å². The van der Waals surface area contributed by atoms with Gasteiger partial charge in [-0.1, -0.05) is 6.42 Å². The molecule has 0 radical (unpaired) electrons. The van der Waals surface area contributed by atoms with Gasteiger partial charge < -0.3 is 10.6 Å². The Morgan fingerprint density at radius 3 is 2.83 bits per heavy atom. The van der Waals surface area contributed by atoms with Crippen LogP contribution in [0.5, 0.6) is 0 Å². The van der Waals surface area contributed by atoms with E-state index in [0.717, 1.165) is 24.3 Å². The summed E-state index contributed by atoms with van der Waals surface area (Å²) in [5, 5.41) is 5.95. The van der Waals surface area contributed by atoms with Crippen LogP contribution in [0.1, 0.15) is 39.4 Å². The van der Waals surface area contributed by atoms with E-state index in [1.54, 1.807) is 11.3 Å². The van der Waals surface area contributed by atoms with Crippen molar-refractivity contribution in [3.05, 3.63) is 21.4 Å². The average molecular weight is 289 g/mol. The van der Waals surface area contributed by atoms with Crippen molar-refractivity contribution in [2.75, 3.05) is 20.1 Å². The highest BCUT2D eigenvalue weighted by atomic mass is 35.5. The van der Waals surface area contributed by atoms with Gasteiger partial charge in [-0.25, -0.2) is 0 Å². The van der Waals surface area contributed by atoms with E-state index in [9.17, 15) is 4.79 Å². The monoisotopic (exact) mass is 288 g/mol. The molecule has 1 aliphatic carbocycles. The minimum absolute atomic E-state index is 0. The van der Waals surface area contributed by atoms with E-state index in [2.05, 4.69) is 16.7 Å². The number of carbonyl (C=O) groups excluding carboxylic acids is 1. The Morgan fingerprint density at radius 1 is 1.28 bits per heavy atom. The predicted octanol–water partition coefficient (Wildman–Crippen LogP) is 2.39. The fourth-order valence-corrected chi connectivity index (χ4v) is 3.34. The number of hydrogen-bond acceptors (Lipinski definition) is 3. The molecule has 2 N–H and O–H groups in total. The molecule has 5 heteroatoms. The first kappa shape index (κ1) is 15.5. The number of rotatable bonds is 4. The van der Waals surface area contributed by atoms with E-state index in [1.165, 1.54) is 29.7 Å². The van der Waals surface area contributed by atoms with E-state index in [-0.39, 0.29) is 18.3 Å². The molecule has 1 aromatic heterocycles. The summed E-state index contributed by atoms with van der Waals surface area (Å²) in [5.74, 6) is 0.0818. The van der Waals surface area contributed by atoms with Crippen molar-refractivity contribution < 1.29 is 4.79 Å². The Labute approximate surface area is 119 Å².